The van der Waals surface area contributed by atoms with E-state index in [1.807, 2.05) is 0 Å². The van der Waals surface area contributed by atoms with Crippen LogP contribution in [0.25, 0.3) is 11.0 Å². The van der Waals surface area contributed by atoms with Crippen molar-refractivity contribution in [2.45, 2.75) is 12.6 Å². The summed E-state index contributed by atoms with van der Waals surface area (Å²) in [7, 11) is 1.49. The SMILES string of the molecule is COCCNC(=O)C(c1ccc(F)cc1)N(C(=O)Cn1nnc2ccccc21)c1cccc(F)c1. The minimum Gasteiger partial charge on any atom is -0.383 e. The van der Waals surface area contributed by atoms with E-state index in [9.17, 15) is 18.4 Å². The van der Waals surface area contributed by atoms with Gasteiger partial charge in [0.15, 0.2) is 0 Å². The molecule has 0 spiro atoms. The van der Waals surface area contributed by atoms with Gasteiger partial charge in [-0.2, -0.15) is 0 Å². The van der Waals surface area contributed by atoms with Gasteiger partial charge in [-0.1, -0.05) is 35.5 Å². The maximum Gasteiger partial charge on any atom is 0.249 e. The summed E-state index contributed by atoms with van der Waals surface area (Å²) in [6, 6.07) is 16.5. The molecule has 10 heteroatoms. The average molecular weight is 479 g/mol. The number of hydrogen-bond donors (Lipinski definition) is 1. The van der Waals surface area contributed by atoms with E-state index in [0.29, 0.717) is 16.6 Å². The minimum absolute atomic E-state index is 0.163. The zero-order valence-electron chi connectivity index (χ0n) is 18.9. The first-order valence-electron chi connectivity index (χ1n) is 10.9. The largest absolute Gasteiger partial charge is 0.383 e. The molecular weight excluding hydrogens is 456 g/mol. The molecule has 1 heterocycles. The first-order chi connectivity index (χ1) is 17.0. The second-order valence-electron chi connectivity index (χ2n) is 7.72. The number of benzene rings is 3. The summed E-state index contributed by atoms with van der Waals surface area (Å²) < 4.78 is 34.3. The lowest BCUT2D eigenvalue weighted by Gasteiger charge is -2.31. The number of para-hydroxylation sites is 1. The predicted molar refractivity (Wildman–Crippen MR) is 125 cm³/mol. The maximum atomic E-state index is 14.2. The Bertz CT molecular complexity index is 1330. The standard InChI is InChI=1S/C25H23F2N5O3/c1-35-14-13-28-25(34)24(17-9-11-18(26)12-10-17)32(20-6-4-5-19(27)15-20)23(33)16-31-22-8-3-2-7-21(22)29-30-31/h2-12,15,24H,13-14,16H2,1H3,(H,28,34). The molecule has 0 saturated heterocycles. The Labute approximate surface area is 200 Å². The van der Waals surface area contributed by atoms with E-state index in [1.54, 1.807) is 24.3 Å². The Morgan fingerprint density at radius 1 is 1.03 bits per heavy atom. The highest BCUT2D eigenvalue weighted by Crippen LogP contribution is 2.29. The smallest absolute Gasteiger partial charge is 0.249 e. The molecule has 1 N–H and O–H groups in total. The van der Waals surface area contributed by atoms with Crippen LogP contribution in [-0.2, 0) is 20.9 Å². The van der Waals surface area contributed by atoms with Gasteiger partial charge in [0.1, 0.15) is 29.7 Å². The number of nitrogens with one attached hydrogen (secondary N) is 1. The van der Waals surface area contributed by atoms with Gasteiger partial charge >= 0.3 is 0 Å². The highest BCUT2D eigenvalue weighted by Gasteiger charge is 2.33. The predicted octanol–water partition coefficient (Wildman–Crippen LogP) is 3.25. The van der Waals surface area contributed by atoms with Crippen LogP contribution in [0.15, 0.2) is 72.8 Å². The van der Waals surface area contributed by atoms with Crippen molar-refractivity contribution in [1.29, 1.82) is 0 Å². The molecule has 180 valence electrons. The number of fused-ring (bicyclic) bond motifs is 1. The number of carbonyl (C=O) groups is 2. The molecule has 0 aliphatic heterocycles. The Hall–Kier alpha value is -4.18. The van der Waals surface area contributed by atoms with Crippen molar-refractivity contribution in [1.82, 2.24) is 20.3 Å². The van der Waals surface area contributed by atoms with E-state index in [0.717, 1.165) is 6.07 Å². The maximum absolute atomic E-state index is 14.2. The molecule has 0 aliphatic rings. The minimum atomic E-state index is -1.21. The van der Waals surface area contributed by atoms with Crippen LogP contribution < -0.4 is 10.2 Å². The van der Waals surface area contributed by atoms with Gasteiger partial charge in [-0.05, 0) is 48.0 Å². The summed E-state index contributed by atoms with van der Waals surface area (Å²) in [5.41, 5.74) is 1.74. The number of ether oxygens (including phenoxy) is 1. The Morgan fingerprint density at radius 3 is 2.54 bits per heavy atom. The van der Waals surface area contributed by atoms with Gasteiger partial charge in [-0.3, -0.25) is 14.5 Å². The van der Waals surface area contributed by atoms with Crippen molar-refractivity contribution in [2.75, 3.05) is 25.2 Å². The molecule has 1 aromatic heterocycles. The molecular formula is C25H23F2N5O3. The highest BCUT2D eigenvalue weighted by atomic mass is 19.1. The van der Waals surface area contributed by atoms with Crippen LogP contribution in [0, 0.1) is 11.6 Å². The molecule has 0 bridgehead atoms. The third-order valence-electron chi connectivity index (χ3n) is 5.36. The number of nitrogens with zero attached hydrogens (tertiary/aromatic N) is 4. The van der Waals surface area contributed by atoms with Gasteiger partial charge < -0.3 is 10.1 Å². The number of methoxy groups -OCH3 is 1. The molecule has 35 heavy (non-hydrogen) atoms. The van der Waals surface area contributed by atoms with Gasteiger partial charge in [0.25, 0.3) is 0 Å². The fourth-order valence-corrected chi connectivity index (χ4v) is 3.74. The number of anilines is 1. The molecule has 4 aromatic rings. The zero-order chi connectivity index (χ0) is 24.8. The molecule has 3 aromatic carbocycles. The third-order valence-corrected chi connectivity index (χ3v) is 5.36. The second-order valence-corrected chi connectivity index (χ2v) is 7.72. The van der Waals surface area contributed by atoms with Crippen LogP contribution in [0.3, 0.4) is 0 Å². The van der Waals surface area contributed by atoms with E-state index >= 15 is 0 Å². The molecule has 4 rings (SSSR count). The number of halogens is 2. The summed E-state index contributed by atoms with van der Waals surface area (Å²) in [6.07, 6.45) is 0. The van der Waals surface area contributed by atoms with E-state index in [4.69, 9.17) is 4.74 Å². The Kier molecular flexibility index (Phi) is 7.41. The van der Waals surface area contributed by atoms with Gasteiger partial charge in [0, 0.05) is 19.3 Å². The van der Waals surface area contributed by atoms with Crippen LogP contribution in [0.2, 0.25) is 0 Å². The lowest BCUT2D eigenvalue weighted by molar-refractivity contribution is -0.127. The number of aromatic nitrogens is 3. The van der Waals surface area contributed by atoms with Gasteiger partial charge in [0.05, 0.1) is 12.1 Å². The van der Waals surface area contributed by atoms with Gasteiger partial charge in [-0.15, -0.1) is 5.10 Å². The van der Waals surface area contributed by atoms with Crippen molar-refractivity contribution in [3.63, 3.8) is 0 Å². The van der Waals surface area contributed by atoms with Crippen LogP contribution in [0.4, 0.5) is 14.5 Å². The number of carbonyl (C=O) groups excluding carboxylic acids is 2. The fraction of sp³-hybridized carbons (Fsp3) is 0.200. The number of hydrogen-bond acceptors (Lipinski definition) is 5. The average Bonchev–Trinajstić information content (AvgIpc) is 3.26. The van der Waals surface area contributed by atoms with Crippen molar-refractivity contribution in [3.05, 3.63) is 90.0 Å². The molecule has 2 amide bonds. The quantitative estimate of drug-likeness (QED) is 0.373. The van der Waals surface area contributed by atoms with E-state index in [2.05, 4.69) is 15.6 Å². The molecule has 1 atom stereocenters. The van der Waals surface area contributed by atoms with Crippen LogP contribution in [-0.4, -0.2) is 47.1 Å². The lowest BCUT2D eigenvalue weighted by Crippen LogP contribution is -2.46. The molecule has 0 saturated carbocycles. The van der Waals surface area contributed by atoms with Crippen LogP contribution >= 0.6 is 0 Å². The van der Waals surface area contributed by atoms with E-state index in [1.165, 1.54) is 59.2 Å². The lowest BCUT2D eigenvalue weighted by atomic mass is 10.0. The van der Waals surface area contributed by atoms with Gasteiger partial charge in [0.2, 0.25) is 11.8 Å². The van der Waals surface area contributed by atoms with Crippen LogP contribution in [0.1, 0.15) is 11.6 Å². The van der Waals surface area contributed by atoms with Gasteiger partial charge in [-0.25, -0.2) is 13.5 Å². The monoisotopic (exact) mass is 479 g/mol. The Morgan fingerprint density at radius 2 is 1.80 bits per heavy atom. The normalized spacial score (nSPS) is 11.9. The zero-order valence-corrected chi connectivity index (χ0v) is 18.9. The van der Waals surface area contributed by atoms with Crippen molar-refractivity contribution in [2.24, 2.45) is 0 Å². The van der Waals surface area contributed by atoms with E-state index < -0.39 is 29.5 Å². The molecule has 0 fully saturated rings. The topological polar surface area (TPSA) is 89.4 Å². The summed E-state index contributed by atoms with van der Waals surface area (Å²) in [6.45, 7) is 0.173. The first-order valence-corrected chi connectivity index (χ1v) is 10.9. The van der Waals surface area contributed by atoms with Crippen molar-refractivity contribution >= 4 is 28.5 Å². The summed E-state index contributed by atoms with van der Waals surface area (Å²) in [5, 5.41) is 10.8. The summed E-state index contributed by atoms with van der Waals surface area (Å²) in [5.74, 6) is -2.15. The van der Waals surface area contributed by atoms with E-state index in [-0.39, 0.29) is 25.4 Å². The highest BCUT2D eigenvalue weighted by molar-refractivity contribution is 6.01. The summed E-state index contributed by atoms with van der Waals surface area (Å²) in [4.78, 5) is 28.2. The molecule has 8 nitrogen and oxygen atoms in total. The van der Waals surface area contributed by atoms with Crippen LogP contribution in [0.5, 0.6) is 0 Å². The Balaban J connectivity index is 1.77. The molecule has 1 unspecified atom stereocenters. The number of amides is 2. The van der Waals surface area contributed by atoms with Crippen molar-refractivity contribution in [3.8, 4) is 0 Å². The molecule has 0 aliphatic carbocycles. The fourth-order valence-electron chi connectivity index (χ4n) is 3.74. The molecule has 0 radical (unpaired) electrons. The number of rotatable bonds is 9. The third kappa shape index (κ3) is 5.49. The summed E-state index contributed by atoms with van der Waals surface area (Å²) >= 11 is 0. The second kappa shape index (κ2) is 10.8. The first kappa shape index (κ1) is 24.0. The van der Waals surface area contributed by atoms with Crippen molar-refractivity contribution < 1.29 is 23.1 Å².